The summed E-state index contributed by atoms with van der Waals surface area (Å²) in [7, 11) is 0. The maximum atomic E-state index is 11.4. The van der Waals surface area contributed by atoms with Crippen LogP contribution in [-0.2, 0) is 34.6 Å². The number of nitrogens with zero attached hydrogens (tertiary/aromatic N) is 2. The molecular weight excluding hydrogens is 1380 g/mol. The average molecular weight is 1420 g/mol. The average Bonchev–Trinajstić information content (AvgIpc) is 2.73. The Kier molecular flexibility index (Phi) is 45.2. The van der Waals surface area contributed by atoms with E-state index in [2.05, 4.69) is 191 Å². The van der Waals surface area contributed by atoms with Crippen molar-refractivity contribution in [3.63, 3.8) is 0 Å². The van der Waals surface area contributed by atoms with Crippen molar-refractivity contribution in [2.45, 2.75) is 56.3 Å². The Morgan fingerprint density at radius 2 is 1.27 bits per heavy atom. The molecule has 15 heteroatoms. The number of nitrogens with two attached hydrogens (primary N) is 1. The largest absolute Gasteiger partial charge is 0.397 e. The number of hydrogen-bond donors (Lipinski definition) is 1. The summed E-state index contributed by atoms with van der Waals surface area (Å²) < 4.78 is 4.99. The van der Waals surface area contributed by atoms with E-state index < -0.39 is 0 Å². The molecule has 0 spiro atoms. The molecule has 0 atom stereocenters. The summed E-state index contributed by atoms with van der Waals surface area (Å²) in [6.45, 7) is 13.6. The van der Waals surface area contributed by atoms with Gasteiger partial charge >= 0.3 is 0 Å². The molecule has 0 aromatic carbocycles. The zero-order valence-electron chi connectivity index (χ0n) is 23.1. The van der Waals surface area contributed by atoms with E-state index in [1.54, 1.807) is 44.7 Å². The third-order valence-corrected chi connectivity index (χ3v) is 4.27. The van der Waals surface area contributed by atoms with E-state index >= 15 is 0 Å². The Morgan fingerprint density at radius 3 is 1.50 bits per heavy atom. The van der Waals surface area contributed by atoms with Gasteiger partial charge in [-0.3, -0.25) is 24.0 Å². The van der Waals surface area contributed by atoms with Gasteiger partial charge in [0.05, 0.1) is 7.62 Å². The smallest absolute Gasteiger partial charge is 0.224 e. The quantitative estimate of drug-likeness (QED) is 0.143. The predicted octanol–water partition coefficient (Wildman–Crippen LogP) is 12.2. The number of carbonyl (C=O) groups excluding carboxylic acids is 2. The van der Waals surface area contributed by atoms with Gasteiger partial charge in [-0.1, -0.05) is 141 Å². The molecule has 40 heavy (non-hydrogen) atoms. The van der Waals surface area contributed by atoms with Crippen molar-refractivity contribution >= 4 is 196 Å². The van der Waals surface area contributed by atoms with Crippen molar-refractivity contribution in [3.8, 4) is 0 Å². The fraction of sp³-hybridized carbons (Fsp3) is 0.480. The number of rotatable bonds is 4. The second kappa shape index (κ2) is 34.0. The number of pyridine rings is 2. The van der Waals surface area contributed by atoms with E-state index in [1.165, 1.54) is 0 Å². The van der Waals surface area contributed by atoms with Gasteiger partial charge in [0.25, 0.3) is 0 Å². The van der Waals surface area contributed by atoms with Crippen molar-refractivity contribution in [3.05, 3.63) is 55.9 Å². The zero-order valence-corrected chi connectivity index (χ0v) is 41.4. The van der Waals surface area contributed by atoms with Gasteiger partial charge < -0.3 is 28.3 Å². The summed E-state index contributed by atoms with van der Waals surface area (Å²) in [5.41, 5.74) is 7.01. The SMILES string of the molecule is CC(C)C(=O)Cc1cncc(Br)c1.CC(C)C(=O)Cl.CC(I)(I)I.CC(I)I.C[CH-]I.Nc1cncc(Br)c1.[V]. The van der Waals surface area contributed by atoms with Crippen LogP contribution in [0.2, 0.25) is 0 Å². The van der Waals surface area contributed by atoms with Crippen LogP contribution >= 0.6 is 179 Å². The number of hydrogen-bond acceptors (Lipinski definition) is 5. The number of ketones is 1. The third-order valence-electron chi connectivity index (χ3n) is 2.96. The summed E-state index contributed by atoms with van der Waals surface area (Å²) in [6.07, 6.45) is 7.21. The first-order valence-corrected chi connectivity index (χ1v) is 20.0. The predicted molar refractivity (Wildman–Crippen MR) is 229 cm³/mol. The number of halogens is 9. The molecule has 5 nitrogen and oxygen atoms in total. The summed E-state index contributed by atoms with van der Waals surface area (Å²) in [6, 6.07) is 3.72. The van der Waals surface area contributed by atoms with Gasteiger partial charge in [0, 0.05) is 70.5 Å². The molecule has 0 aliphatic carbocycles. The van der Waals surface area contributed by atoms with E-state index in [1.807, 2.05) is 31.3 Å². The molecule has 0 saturated heterocycles. The molecule has 0 amide bonds. The molecule has 231 valence electrons. The molecule has 0 bridgehead atoms. The van der Waals surface area contributed by atoms with Crippen LogP contribution < -0.4 is 5.73 Å². The van der Waals surface area contributed by atoms with Gasteiger partial charge in [-0.05, 0) is 75.0 Å². The van der Waals surface area contributed by atoms with Crippen LogP contribution in [0.25, 0.3) is 0 Å². The van der Waals surface area contributed by atoms with E-state index in [4.69, 9.17) is 17.3 Å². The maximum absolute atomic E-state index is 11.4. The van der Waals surface area contributed by atoms with Crippen LogP contribution in [0.5, 0.6) is 0 Å². The molecule has 0 aliphatic rings. The Hall–Kier alpha value is 3.65. The fourth-order valence-electron chi connectivity index (χ4n) is 1.39. The number of aromatic nitrogens is 2. The van der Waals surface area contributed by atoms with Gasteiger partial charge in [-0.15, -0.1) is 0 Å². The van der Waals surface area contributed by atoms with Crippen molar-refractivity contribution in [2.24, 2.45) is 11.8 Å². The minimum absolute atomic E-state index is 0. The summed E-state index contributed by atoms with van der Waals surface area (Å²) in [5.74, 6) is 0.325. The molecule has 2 aromatic rings. The fourth-order valence-corrected chi connectivity index (χ4v) is 2.18. The Balaban J connectivity index is -0.000000132. The van der Waals surface area contributed by atoms with Crippen molar-refractivity contribution in [1.82, 2.24) is 9.97 Å². The normalized spacial score (nSPS) is 9.47. The number of anilines is 1. The Morgan fingerprint density at radius 1 is 0.950 bits per heavy atom. The van der Waals surface area contributed by atoms with E-state index in [0.29, 0.717) is 11.5 Å². The van der Waals surface area contributed by atoms with Crippen molar-refractivity contribution in [2.75, 3.05) is 5.73 Å². The van der Waals surface area contributed by atoms with E-state index in [0.717, 1.165) is 16.4 Å². The second-order valence-electron chi connectivity index (χ2n) is 7.72. The number of carbonyl (C=O) groups is 2. The van der Waals surface area contributed by atoms with Gasteiger partial charge in [0.2, 0.25) is 5.24 Å². The Labute approximate surface area is 357 Å². The molecule has 0 fully saturated rings. The minimum Gasteiger partial charge on any atom is -0.397 e. The second-order valence-corrected chi connectivity index (χ2v) is 30.0. The maximum Gasteiger partial charge on any atom is 0.224 e. The molecule has 2 heterocycles. The standard InChI is InChI=1S/C10H12BrNO.C5H5BrN2.C4H7ClO.C2H3I3.C2H4I2.C2H4I.V/c1-7(2)10(13)4-8-3-9(11)6-12-5-8;6-4-1-5(7)3-8-2-4;1-3(2)4(5)6;1-2(3,4)5;1-2(3)4;1-2-3;/h3,5-7H,4H2,1-2H3;1-3H,7H2;3H,1-2H3;1H3;2H,1H3;2H,1H3;/q;;;;;-1;. The summed E-state index contributed by atoms with van der Waals surface area (Å²) in [4.78, 5) is 29.1. The molecule has 2 rings (SSSR count). The van der Waals surface area contributed by atoms with Crippen LogP contribution in [0, 0.1) is 16.3 Å². The number of alkyl halides is 5. The van der Waals surface area contributed by atoms with Crippen LogP contribution in [-0.4, -0.2) is 22.4 Å². The summed E-state index contributed by atoms with van der Waals surface area (Å²) >= 11 is 25.4. The summed E-state index contributed by atoms with van der Waals surface area (Å²) in [5, 5.41) is -0.269. The van der Waals surface area contributed by atoms with Crippen LogP contribution in [0.3, 0.4) is 0 Å². The molecule has 0 unspecified atom stereocenters. The van der Waals surface area contributed by atoms with Gasteiger partial charge in [0.15, 0.2) is 0 Å². The van der Waals surface area contributed by atoms with Crippen molar-refractivity contribution in [1.29, 1.82) is 0 Å². The first-order chi connectivity index (χ1) is 17.7. The number of Topliss-reactive ketones (excluding diaryl/α,β-unsaturated/α-hetero) is 1. The molecule has 2 aromatic heterocycles. The molecular formula is C25H35Br2ClI6N3O2V-. The van der Waals surface area contributed by atoms with E-state index in [9.17, 15) is 9.59 Å². The molecule has 2 N–H and O–H groups in total. The first kappa shape index (κ1) is 53.2. The monoisotopic (exact) mass is 1410 g/mol. The molecule has 1 radical (unpaired) electrons. The van der Waals surface area contributed by atoms with Gasteiger partial charge in [0.1, 0.15) is 5.22 Å². The number of nitrogen functional groups attached to an aromatic ring is 1. The third kappa shape index (κ3) is 54.2. The topological polar surface area (TPSA) is 85.9 Å². The van der Waals surface area contributed by atoms with Gasteiger partial charge in [-0.25, -0.2) is 0 Å². The van der Waals surface area contributed by atoms with Crippen LogP contribution in [0.4, 0.5) is 5.69 Å². The molecule has 0 aliphatic heterocycles. The zero-order chi connectivity index (χ0) is 31.8. The molecule has 0 saturated carbocycles. The van der Waals surface area contributed by atoms with Gasteiger partial charge in [-0.2, -0.15) is 6.92 Å². The van der Waals surface area contributed by atoms with Crippen molar-refractivity contribution < 1.29 is 28.1 Å². The van der Waals surface area contributed by atoms with E-state index in [-0.39, 0.29) is 41.4 Å². The Bertz CT molecular complexity index is 887. The first-order valence-electron chi connectivity index (χ1n) is 11.1. The van der Waals surface area contributed by atoms with Crippen LogP contribution in [0.15, 0.2) is 45.9 Å². The van der Waals surface area contributed by atoms with Crippen LogP contribution in [0.1, 0.15) is 54.0 Å². The minimum atomic E-state index is -0.269.